The van der Waals surface area contributed by atoms with Crippen LogP contribution in [0.3, 0.4) is 0 Å². The Kier molecular flexibility index (Phi) is 3.93. The van der Waals surface area contributed by atoms with Gasteiger partial charge in [0.05, 0.1) is 10.9 Å². The van der Waals surface area contributed by atoms with E-state index in [1.807, 2.05) is 24.3 Å². The molecule has 1 aliphatic carbocycles. The molecule has 2 aromatic rings. The lowest BCUT2D eigenvalue weighted by Crippen LogP contribution is -2.45. The first-order valence-electron chi connectivity index (χ1n) is 8.48. The lowest BCUT2D eigenvalue weighted by atomic mass is 9.95. The third-order valence-corrected chi connectivity index (χ3v) is 7.30. The van der Waals surface area contributed by atoms with E-state index in [0.29, 0.717) is 16.6 Å². The molecule has 2 aliphatic rings. The molecule has 1 unspecified atom stereocenters. The van der Waals surface area contributed by atoms with E-state index >= 15 is 0 Å². The van der Waals surface area contributed by atoms with Crippen LogP contribution >= 0.6 is 7.52 Å². The van der Waals surface area contributed by atoms with Crippen LogP contribution in [0.15, 0.2) is 54.6 Å². The summed E-state index contributed by atoms with van der Waals surface area (Å²) in [6.45, 7) is 0. The fourth-order valence-corrected chi connectivity index (χ4v) is 6.07. The molecule has 24 heavy (non-hydrogen) atoms. The molecule has 1 amide bonds. The van der Waals surface area contributed by atoms with Crippen molar-refractivity contribution in [2.45, 2.75) is 38.1 Å². The second-order valence-corrected chi connectivity index (χ2v) is 8.56. The van der Waals surface area contributed by atoms with Crippen molar-refractivity contribution in [2.24, 2.45) is 0 Å². The molecule has 0 bridgehead atoms. The zero-order valence-corrected chi connectivity index (χ0v) is 14.3. The number of hydrogen-bond donors (Lipinski definition) is 0. The first-order valence-corrected chi connectivity index (χ1v) is 10.1. The topological polar surface area (TPSA) is 46.6 Å². The number of nitrogens with zero attached hydrogens (tertiary/aromatic N) is 1. The van der Waals surface area contributed by atoms with E-state index in [1.165, 1.54) is 6.42 Å². The summed E-state index contributed by atoms with van der Waals surface area (Å²) >= 11 is 0. The Hall–Kier alpha value is -2.06. The molecule has 124 valence electrons. The van der Waals surface area contributed by atoms with E-state index in [1.54, 1.807) is 35.0 Å². The summed E-state index contributed by atoms with van der Waals surface area (Å²) in [6, 6.07) is 16.2. The standard InChI is InChI=1S/C19H20NO3P/c21-19-17-13-7-8-14-18(17)23-24(22,16-11-5-2-6-12-16)20(19)15-9-3-1-4-10-15/h2,5-8,11-15H,1,3-4,9-10H2. The molecule has 4 rings (SSSR count). The highest BCUT2D eigenvalue weighted by Crippen LogP contribution is 2.57. The first kappa shape index (κ1) is 15.5. The minimum atomic E-state index is -3.45. The van der Waals surface area contributed by atoms with Crippen LogP contribution in [0.25, 0.3) is 0 Å². The van der Waals surface area contributed by atoms with Gasteiger partial charge in [-0.15, -0.1) is 0 Å². The molecule has 1 fully saturated rings. The van der Waals surface area contributed by atoms with Crippen molar-refractivity contribution >= 4 is 18.7 Å². The van der Waals surface area contributed by atoms with Crippen LogP contribution in [-0.4, -0.2) is 16.6 Å². The zero-order valence-electron chi connectivity index (χ0n) is 13.4. The van der Waals surface area contributed by atoms with Gasteiger partial charge in [-0.05, 0) is 37.1 Å². The highest BCUT2D eigenvalue weighted by atomic mass is 31.2. The van der Waals surface area contributed by atoms with Gasteiger partial charge in [0, 0.05) is 6.04 Å². The Morgan fingerprint density at radius 3 is 2.33 bits per heavy atom. The summed E-state index contributed by atoms with van der Waals surface area (Å²) in [5, 5.41) is 0.582. The predicted octanol–water partition coefficient (Wildman–Crippen LogP) is 4.37. The summed E-state index contributed by atoms with van der Waals surface area (Å²) in [7, 11) is -3.45. The maximum atomic E-state index is 13.9. The van der Waals surface area contributed by atoms with E-state index in [9.17, 15) is 9.36 Å². The molecule has 0 spiro atoms. The Bertz CT molecular complexity index is 799. The molecule has 0 N–H and O–H groups in total. The van der Waals surface area contributed by atoms with Gasteiger partial charge in [-0.1, -0.05) is 49.6 Å². The maximum absolute atomic E-state index is 13.9. The SMILES string of the molecule is O=C1c2ccccc2OP(=O)(c2ccccc2)N1C1CCCCC1. The smallest absolute Gasteiger partial charge is 0.376 e. The molecule has 1 saturated carbocycles. The van der Waals surface area contributed by atoms with E-state index in [0.717, 1.165) is 25.7 Å². The Balaban J connectivity index is 1.86. The molecule has 2 aromatic carbocycles. The maximum Gasteiger partial charge on any atom is 0.376 e. The Labute approximate surface area is 141 Å². The molecular formula is C19H20NO3P. The van der Waals surface area contributed by atoms with Crippen molar-refractivity contribution in [1.29, 1.82) is 0 Å². The van der Waals surface area contributed by atoms with Gasteiger partial charge in [-0.3, -0.25) is 9.46 Å². The van der Waals surface area contributed by atoms with Gasteiger partial charge in [0.2, 0.25) is 0 Å². The highest BCUT2D eigenvalue weighted by molar-refractivity contribution is 7.65. The number of para-hydroxylation sites is 1. The number of fused-ring (bicyclic) bond motifs is 1. The molecule has 4 nitrogen and oxygen atoms in total. The number of carbonyl (C=O) groups is 1. The normalized spacial score (nSPS) is 24.3. The van der Waals surface area contributed by atoms with E-state index in [4.69, 9.17) is 4.52 Å². The molecule has 1 heterocycles. The van der Waals surface area contributed by atoms with Crippen molar-refractivity contribution in [3.8, 4) is 5.75 Å². The second kappa shape index (κ2) is 6.10. The summed E-state index contributed by atoms with van der Waals surface area (Å²) in [5.74, 6) is 0.248. The number of carbonyl (C=O) groups excluding carboxylic acids is 1. The average molecular weight is 341 g/mol. The van der Waals surface area contributed by atoms with E-state index < -0.39 is 7.52 Å². The molecule has 1 atom stereocenters. The predicted molar refractivity (Wildman–Crippen MR) is 93.8 cm³/mol. The Morgan fingerprint density at radius 1 is 0.917 bits per heavy atom. The fraction of sp³-hybridized carbons (Fsp3) is 0.316. The largest absolute Gasteiger partial charge is 0.425 e. The van der Waals surface area contributed by atoms with Crippen LogP contribution < -0.4 is 9.83 Å². The lowest BCUT2D eigenvalue weighted by Gasteiger charge is -2.42. The molecular weight excluding hydrogens is 321 g/mol. The van der Waals surface area contributed by atoms with Gasteiger partial charge < -0.3 is 4.52 Å². The number of rotatable bonds is 2. The van der Waals surface area contributed by atoms with Gasteiger partial charge in [-0.25, -0.2) is 4.57 Å². The van der Waals surface area contributed by atoms with Crippen LogP contribution in [0.5, 0.6) is 5.75 Å². The molecule has 0 radical (unpaired) electrons. The van der Waals surface area contributed by atoms with Crippen molar-refractivity contribution in [3.05, 3.63) is 60.2 Å². The fourth-order valence-electron chi connectivity index (χ4n) is 3.64. The van der Waals surface area contributed by atoms with Crippen LogP contribution in [0.2, 0.25) is 0 Å². The highest BCUT2D eigenvalue weighted by Gasteiger charge is 2.48. The van der Waals surface area contributed by atoms with Gasteiger partial charge in [0.1, 0.15) is 5.75 Å². The van der Waals surface area contributed by atoms with Gasteiger partial charge in [0.15, 0.2) is 0 Å². The lowest BCUT2D eigenvalue weighted by molar-refractivity contribution is 0.0763. The van der Waals surface area contributed by atoms with E-state index in [-0.39, 0.29) is 11.9 Å². The molecule has 1 aliphatic heterocycles. The van der Waals surface area contributed by atoms with Gasteiger partial charge in [-0.2, -0.15) is 0 Å². The van der Waals surface area contributed by atoms with Crippen molar-refractivity contribution < 1.29 is 13.9 Å². The number of hydrogen-bond acceptors (Lipinski definition) is 3. The van der Waals surface area contributed by atoms with Crippen LogP contribution in [-0.2, 0) is 4.57 Å². The summed E-state index contributed by atoms with van der Waals surface area (Å²) in [5.41, 5.74) is 0.505. The monoisotopic (exact) mass is 341 g/mol. The average Bonchev–Trinajstić information content (AvgIpc) is 2.63. The molecule has 0 aromatic heterocycles. The van der Waals surface area contributed by atoms with Crippen molar-refractivity contribution in [1.82, 2.24) is 4.67 Å². The minimum absolute atomic E-state index is 0.0226. The van der Waals surface area contributed by atoms with Crippen molar-refractivity contribution in [3.63, 3.8) is 0 Å². The summed E-state index contributed by atoms with van der Waals surface area (Å²) < 4.78 is 21.5. The third kappa shape index (κ3) is 2.46. The second-order valence-electron chi connectivity index (χ2n) is 6.38. The van der Waals surface area contributed by atoms with Gasteiger partial charge in [0.25, 0.3) is 5.91 Å². The summed E-state index contributed by atoms with van der Waals surface area (Å²) in [6.07, 6.45) is 5.06. The van der Waals surface area contributed by atoms with Crippen LogP contribution in [0.4, 0.5) is 0 Å². The number of amides is 1. The van der Waals surface area contributed by atoms with Crippen LogP contribution in [0, 0.1) is 0 Å². The quantitative estimate of drug-likeness (QED) is 0.762. The first-order chi connectivity index (χ1) is 11.7. The summed E-state index contributed by atoms with van der Waals surface area (Å²) in [4.78, 5) is 13.2. The molecule has 0 saturated heterocycles. The van der Waals surface area contributed by atoms with Gasteiger partial charge >= 0.3 is 7.52 Å². The minimum Gasteiger partial charge on any atom is -0.425 e. The van der Waals surface area contributed by atoms with Crippen molar-refractivity contribution in [2.75, 3.05) is 0 Å². The van der Waals surface area contributed by atoms with E-state index in [2.05, 4.69) is 0 Å². The number of benzene rings is 2. The zero-order chi connectivity index (χ0) is 16.6. The third-order valence-electron chi connectivity index (χ3n) is 4.83. The Morgan fingerprint density at radius 2 is 1.58 bits per heavy atom. The van der Waals surface area contributed by atoms with Crippen LogP contribution in [0.1, 0.15) is 42.5 Å². The molecule has 5 heteroatoms.